The Kier molecular flexibility index (Phi) is 33.0. The van der Waals surface area contributed by atoms with Crippen molar-refractivity contribution in [1.82, 2.24) is 0 Å². The molecular weight excluding hydrogens is 793 g/mol. The van der Waals surface area contributed by atoms with E-state index in [0.717, 1.165) is 11.1 Å². The summed E-state index contributed by atoms with van der Waals surface area (Å²) in [4.78, 5) is 0. The van der Waals surface area contributed by atoms with Crippen molar-refractivity contribution in [3.63, 3.8) is 0 Å². The SMILES string of the molecule is C=CC(=C)c1ccccc1.C=Cc1ccccc1.C=Cc1ccccc1.C=Cc1ccccc1.C=Cc1ccccc1.C=Cc1ccccc1.C=Cc1ccccc1.C=Cc1ccccc1. The molecule has 0 heteroatoms. The van der Waals surface area contributed by atoms with Crippen LogP contribution in [0.3, 0.4) is 0 Å². The van der Waals surface area contributed by atoms with Gasteiger partial charge in [-0.2, -0.15) is 0 Å². The van der Waals surface area contributed by atoms with E-state index in [9.17, 15) is 0 Å². The second kappa shape index (κ2) is 39.3. The van der Waals surface area contributed by atoms with Crippen LogP contribution in [0.5, 0.6) is 0 Å². The normalized spacial score (nSPS) is 8.55. The highest BCUT2D eigenvalue weighted by atomic mass is 13.9. The van der Waals surface area contributed by atoms with Gasteiger partial charge in [0.25, 0.3) is 0 Å². The fourth-order valence-electron chi connectivity index (χ4n) is 4.89. The number of hydrogen-bond acceptors (Lipinski definition) is 0. The standard InChI is InChI=1S/C10H10.7C8H8/c1-3-9(2)10-7-5-4-6-8-10;7*1-2-8-6-4-3-5-7-8/h3-8H,1-2H2;7*2-7H,1H2. The van der Waals surface area contributed by atoms with Crippen molar-refractivity contribution in [3.8, 4) is 0 Å². The first-order chi connectivity index (χ1) is 32.4. The predicted molar refractivity (Wildman–Crippen MR) is 301 cm³/mol. The molecule has 0 aliphatic heterocycles. The summed E-state index contributed by atoms with van der Waals surface area (Å²) < 4.78 is 0. The zero-order valence-corrected chi connectivity index (χ0v) is 38.6. The highest BCUT2D eigenvalue weighted by Gasteiger charge is 1.89. The van der Waals surface area contributed by atoms with Crippen LogP contribution in [-0.4, -0.2) is 0 Å². The third kappa shape index (κ3) is 28.9. The third-order valence-electron chi connectivity index (χ3n) is 8.64. The lowest BCUT2D eigenvalue weighted by atomic mass is 10.1. The van der Waals surface area contributed by atoms with Gasteiger partial charge in [0.2, 0.25) is 0 Å². The van der Waals surface area contributed by atoms with E-state index < -0.39 is 0 Å². The molecule has 8 rings (SSSR count). The second-order valence-corrected chi connectivity index (χ2v) is 13.4. The van der Waals surface area contributed by atoms with Crippen LogP contribution >= 0.6 is 0 Å². The maximum atomic E-state index is 3.83. The topological polar surface area (TPSA) is 0 Å². The summed E-state index contributed by atoms with van der Waals surface area (Å²) in [5.41, 5.74) is 10.3. The number of hydrogen-bond donors (Lipinski definition) is 0. The average molecular weight is 859 g/mol. The fourth-order valence-corrected chi connectivity index (χ4v) is 4.89. The fraction of sp³-hybridized carbons (Fsp3) is 0. The van der Waals surface area contributed by atoms with E-state index in [2.05, 4.69) is 59.2 Å². The molecule has 0 aliphatic carbocycles. The zero-order chi connectivity index (χ0) is 48.1. The Hall–Kier alpha value is -8.58. The lowest BCUT2D eigenvalue weighted by Gasteiger charge is -1.96. The van der Waals surface area contributed by atoms with E-state index in [1.54, 1.807) is 6.08 Å². The van der Waals surface area contributed by atoms with Gasteiger partial charge in [-0.1, -0.05) is 350 Å². The summed E-state index contributed by atoms with van der Waals surface area (Å²) in [6, 6.07) is 80.2. The van der Waals surface area contributed by atoms with Crippen molar-refractivity contribution in [2.45, 2.75) is 0 Å². The third-order valence-corrected chi connectivity index (χ3v) is 8.64. The van der Waals surface area contributed by atoms with E-state index in [4.69, 9.17) is 0 Å². The molecule has 8 aromatic carbocycles. The molecule has 0 spiro atoms. The Balaban J connectivity index is 0.000000378. The molecule has 0 aromatic heterocycles. The summed E-state index contributed by atoms with van der Waals surface area (Å²) in [7, 11) is 0. The van der Waals surface area contributed by atoms with Gasteiger partial charge in [-0.25, -0.2) is 0 Å². The molecule has 330 valence electrons. The molecule has 0 fully saturated rings. The quantitative estimate of drug-likeness (QED) is 0.127. The molecule has 0 bridgehead atoms. The minimum Gasteiger partial charge on any atom is -0.0985 e. The zero-order valence-electron chi connectivity index (χ0n) is 38.6. The first-order valence-corrected chi connectivity index (χ1v) is 21.5. The first kappa shape index (κ1) is 55.4. The molecule has 0 saturated heterocycles. The summed E-state index contributed by atoms with van der Waals surface area (Å²) >= 11 is 0. The number of rotatable bonds is 9. The van der Waals surface area contributed by atoms with Crippen molar-refractivity contribution in [2.24, 2.45) is 0 Å². The van der Waals surface area contributed by atoms with Gasteiger partial charge in [0, 0.05) is 0 Å². The van der Waals surface area contributed by atoms with Crippen molar-refractivity contribution in [1.29, 1.82) is 0 Å². The number of allylic oxidation sites excluding steroid dienone is 2. The lowest BCUT2D eigenvalue weighted by molar-refractivity contribution is 1.63. The van der Waals surface area contributed by atoms with E-state index >= 15 is 0 Å². The van der Waals surface area contributed by atoms with Crippen LogP contribution in [0.4, 0.5) is 0 Å². The largest absolute Gasteiger partial charge is 0.0985 e. The van der Waals surface area contributed by atoms with Crippen LogP contribution in [0.15, 0.2) is 308 Å². The van der Waals surface area contributed by atoms with Crippen LogP contribution < -0.4 is 0 Å². The molecule has 66 heavy (non-hydrogen) atoms. The van der Waals surface area contributed by atoms with Crippen LogP contribution in [0, 0.1) is 0 Å². The van der Waals surface area contributed by atoms with Gasteiger partial charge in [-0.3, -0.25) is 0 Å². The van der Waals surface area contributed by atoms with E-state index in [0.29, 0.717) is 0 Å². The van der Waals surface area contributed by atoms with Gasteiger partial charge >= 0.3 is 0 Å². The molecule has 0 radical (unpaired) electrons. The van der Waals surface area contributed by atoms with Crippen LogP contribution in [-0.2, 0) is 0 Å². The Morgan fingerprint density at radius 2 is 0.348 bits per heavy atom. The predicted octanol–water partition coefficient (Wildman–Crippen LogP) is 19.2. The Morgan fingerprint density at radius 3 is 0.455 bits per heavy atom. The lowest BCUT2D eigenvalue weighted by Crippen LogP contribution is -1.74. The molecular formula is C66H66. The van der Waals surface area contributed by atoms with Gasteiger partial charge in [0.05, 0.1) is 0 Å². The minimum absolute atomic E-state index is 0.973. The molecule has 0 saturated carbocycles. The summed E-state index contributed by atoms with van der Waals surface area (Å²) in [6.45, 7) is 32.9. The van der Waals surface area contributed by atoms with Gasteiger partial charge in [0.15, 0.2) is 0 Å². The maximum Gasteiger partial charge on any atom is -0.0190 e. The monoisotopic (exact) mass is 859 g/mol. The highest BCUT2D eigenvalue weighted by Crippen LogP contribution is 2.11. The van der Waals surface area contributed by atoms with Crippen LogP contribution in [0.2, 0.25) is 0 Å². The summed E-state index contributed by atoms with van der Waals surface area (Å²) in [5, 5.41) is 0. The summed E-state index contributed by atoms with van der Waals surface area (Å²) in [5.74, 6) is 0. The second-order valence-electron chi connectivity index (χ2n) is 13.4. The molecule has 0 unspecified atom stereocenters. The Labute approximate surface area is 398 Å². The molecule has 0 N–H and O–H groups in total. The van der Waals surface area contributed by atoms with Crippen molar-refractivity contribution < 1.29 is 0 Å². The smallest absolute Gasteiger partial charge is 0.0190 e. The highest BCUT2D eigenvalue weighted by molar-refractivity contribution is 5.71. The van der Waals surface area contributed by atoms with Gasteiger partial charge in [-0.05, 0) is 50.1 Å². The maximum absolute atomic E-state index is 3.83. The number of benzene rings is 8. The van der Waals surface area contributed by atoms with Crippen molar-refractivity contribution in [2.75, 3.05) is 0 Å². The molecule has 0 heterocycles. The molecule has 0 aliphatic rings. The molecule has 0 atom stereocenters. The van der Waals surface area contributed by atoms with E-state index in [-0.39, 0.29) is 0 Å². The van der Waals surface area contributed by atoms with Gasteiger partial charge in [-0.15, -0.1) is 0 Å². The molecule has 0 nitrogen and oxygen atoms in total. The molecule has 8 aromatic rings. The first-order valence-electron chi connectivity index (χ1n) is 21.5. The minimum atomic E-state index is 0.973. The van der Waals surface area contributed by atoms with E-state index in [1.807, 2.05) is 285 Å². The van der Waals surface area contributed by atoms with E-state index in [1.165, 1.54) is 38.9 Å². The average Bonchev–Trinajstić information content (AvgIpc) is 3.43. The van der Waals surface area contributed by atoms with Crippen LogP contribution in [0.25, 0.3) is 48.1 Å². The Morgan fingerprint density at radius 1 is 0.212 bits per heavy atom. The van der Waals surface area contributed by atoms with Crippen LogP contribution in [0.1, 0.15) is 44.5 Å². The van der Waals surface area contributed by atoms with Crippen molar-refractivity contribution >= 4 is 48.1 Å². The van der Waals surface area contributed by atoms with Gasteiger partial charge in [0.1, 0.15) is 0 Å². The van der Waals surface area contributed by atoms with Gasteiger partial charge < -0.3 is 0 Å². The van der Waals surface area contributed by atoms with Crippen molar-refractivity contribution in [3.05, 3.63) is 352 Å². The Bertz CT molecular complexity index is 2020. The summed E-state index contributed by atoms with van der Waals surface area (Å²) in [6.07, 6.45) is 14.6. The molecule has 0 amide bonds.